The van der Waals surface area contributed by atoms with Crippen molar-refractivity contribution in [3.63, 3.8) is 0 Å². The number of nitrogens with one attached hydrogen (secondary N) is 1. The van der Waals surface area contributed by atoms with E-state index in [-0.39, 0.29) is 0 Å². The van der Waals surface area contributed by atoms with Gasteiger partial charge in [0.2, 0.25) is 5.88 Å². The highest BCUT2D eigenvalue weighted by molar-refractivity contribution is 5.43. The first-order valence-corrected chi connectivity index (χ1v) is 7.13. The van der Waals surface area contributed by atoms with Crippen LogP contribution in [0.1, 0.15) is 30.4 Å². The second-order valence-corrected chi connectivity index (χ2v) is 5.07. The first kappa shape index (κ1) is 12.9. The van der Waals surface area contributed by atoms with E-state index in [1.54, 1.807) is 6.33 Å². The van der Waals surface area contributed by atoms with Crippen molar-refractivity contribution in [1.29, 1.82) is 0 Å². The second-order valence-electron chi connectivity index (χ2n) is 5.07. The third-order valence-corrected chi connectivity index (χ3v) is 3.59. The highest BCUT2D eigenvalue weighted by Crippen LogP contribution is 2.34. The number of ether oxygens (including phenoxy) is 1. The van der Waals surface area contributed by atoms with Crippen molar-refractivity contribution in [2.45, 2.75) is 25.7 Å². The Kier molecular flexibility index (Phi) is 3.81. The van der Waals surface area contributed by atoms with Crippen molar-refractivity contribution >= 4 is 5.82 Å². The van der Waals surface area contributed by atoms with E-state index < -0.39 is 0 Å². The van der Waals surface area contributed by atoms with Gasteiger partial charge in [-0.15, -0.1) is 0 Å². The molecule has 4 nitrogen and oxygen atoms in total. The molecular weight excluding hydrogens is 250 g/mol. The molecule has 0 saturated carbocycles. The van der Waals surface area contributed by atoms with Gasteiger partial charge < -0.3 is 10.1 Å². The van der Waals surface area contributed by atoms with E-state index in [0.29, 0.717) is 18.4 Å². The van der Waals surface area contributed by atoms with Crippen molar-refractivity contribution in [3.8, 4) is 5.88 Å². The van der Waals surface area contributed by atoms with Gasteiger partial charge in [0.05, 0.1) is 6.61 Å². The van der Waals surface area contributed by atoms with E-state index in [4.69, 9.17) is 4.74 Å². The normalized spacial score (nSPS) is 16.1. The Labute approximate surface area is 119 Å². The Morgan fingerprint density at radius 3 is 3.05 bits per heavy atom. The zero-order valence-electron chi connectivity index (χ0n) is 11.7. The topological polar surface area (TPSA) is 47.0 Å². The average molecular weight is 269 g/mol. The summed E-state index contributed by atoms with van der Waals surface area (Å²) in [4.78, 5) is 8.33. The molecule has 2 aromatic rings. The van der Waals surface area contributed by atoms with Crippen LogP contribution in [0.25, 0.3) is 0 Å². The van der Waals surface area contributed by atoms with Crippen LogP contribution >= 0.6 is 0 Å². The molecule has 4 heteroatoms. The standard InChI is InChI=1S/C16H19N3O/c1-2-7-20-16-9-15(18-11-19-16)17-10-13-8-12-5-3-4-6-14(12)13/h3-6,9,11,13H,2,7-8,10H2,1H3,(H,17,18,19). The molecule has 1 heterocycles. The van der Waals surface area contributed by atoms with Crippen LogP contribution in [0, 0.1) is 0 Å². The minimum Gasteiger partial charge on any atom is -0.478 e. The van der Waals surface area contributed by atoms with Crippen LogP contribution in [0.2, 0.25) is 0 Å². The Balaban J connectivity index is 1.57. The van der Waals surface area contributed by atoms with Gasteiger partial charge >= 0.3 is 0 Å². The lowest BCUT2D eigenvalue weighted by molar-refractivity contribution is 0.305. The number of rotatable bonds is 6. The average Bonchev–Trinajstić information content (AvgIpc) is 2.46. The summed E-state index contributed by atoms with van der Waals surface area (Å²) >= 11 is 0. The predicted octanol–water partition coefficient (Wildman–Crippen LogP) is 3.02. The minimum absolute atomic E-state index is 0.584. The largest absolute Gasteiger partial charge is 0.478 e. The molecule has 3 rings (SSSR count). The predicted molar refractivity (Wildman–Crippen MR) is 79.2 cm³/mol. The van der Waals surface area contributed by atoms with Crippen LogP contribution in [0.5, 0.6) is 5.88 Å². The molecule has 0 amide bonds. The lowest BCUT2D eigenvalue weighted by Crippen LogP contribution is -2.24. The Morgan fingerprint density at radius 1 is 1.30 bits per heavy atom. The molecule has 1 aliphatic carbocycles. The summed E-state index contributed by atoms with van der Waals surface area (Å²) < 4.78 is 5.51. The summed E-state index contributed by atoms with van der Waals surface area (Å²) in [5, 5.41) is 3.37. The van der Waals surface area contributed by atoms with Crippen molar-refractivity contribution in [2.75, 3.05) is 18.5 Å². The third kappa shape index (κ3) is 2.74. The lowest BCUT2D eigenvalue weighted by atomic mass is 9.78. The van der Waals surface area contributed by atoms with E-state index >= 15 is 0 Å². The third-order valence-electron chi connectivity index (χ3n) is 3.59. The van der Waals surface area contributed by atoms with Crippen LogP contribution in [0.4, 0.5) is 5.82 Å². The monoisotopic (exact) mass is 269 g/mol. The highest BCUT2D eigenvalue weighted by Gasteiger charge is 2.24. The summed E-state index contributed by atoms with van der Waals surface area (Å²) in [5.41, 5.74) is 2.92. The van der Waals surface area contributed by atoms with Gasteiger partial charge in [-0.3, -0.25) is 0 Å². The van der Waals surface area contributed by atoms with Gasteiger partial charge in [0.15, 0.2) is 0 Å². The molecular formula is C16H19N3O. The molecule has 0 radical (unpaired) electrons. The summed E-state index contributed by atoms with van der Waals surface area (Å²) in [5.74, 6) is 2.05. The number of hydrogen-bond donors (Lipinski definition) is 1. The maximum Gasteiger partial charge on any atom is 0.218 e. The molecule has 0 aliphatic heterocycles. The number of benzene rings is 1. The zero-order valence-corrected chi connectivity index (χ0v) is 11.7. The van der Waals surface area contributed by atoms with E-state index in [1.807, 2.05) is 6.07 Å². The Bertz CT molecular complexity index is 585. The molecule has 1 N–H and O–H groups in total. The molecule has 0 fully saturated rings. The van der Waals surface area contributed by atoms with Gasteiger partial charge in [-0.2, -0.15) is 0 Å². The molecule has 1 unspecified atom stereocenters. The molecule has 0 saturated heterocycles. The summed E-state index contributed by atoms with van der Waals surface area (Å²) in [6.07, 6.45) is 3.67. The van der Waals surface area contributed by atoms with Crippen molar-refractivity contribution in [1.82, 2.24) is 9.97 Å². The highest BCUT2D eigenvalue weighted by atomic mass is 16.5. The van der Waals surface area contributed by atoms with Gasteiger partial charge in [0.1, 0.15) is 12.1 Å². The van der Waals surface area contributed by atoms with Gasteiger partial charge in [-0.1, -0.05) is 31.2 Å². The van der Waals surface area contributed by atoms with E-state index in [9.17, 15) is 0 Å². The fourth-order valence-electron chi connectivity index (χ4n) is 2.49. The zero-order chi connectivity index (χ0) is 13.8. The maximum atomic E-state index is 5.51. The summed E-state index contributed by atoms with van der Waals surface area (Å²) in [6, 6.07) is 10.5. The van der Waals surface area contributed by atoms with Crippen LogP contribution < -0.4 is 10.1 Å². The summed E-state index contributed by atoms with van der Waals surface area (Å²) in [7, 11) is 0. The van der Waals surface area contributed by atoms with E-state index in [1.165, 1.54) is 11.1 Å². The SMILES string of the molecule is CCCOc1cc(NCC2Cc3ccccc32)ncn1. The van der Waals surface area contributed by atoms with Crippen molar-refractivity contribution < 1.29 is 4.74 Å². The fourth-order valence-corrected chi connectivity index (χ4v) is 2.49. The number of hydrogen-bond acceptors (Lipinski definition) is 4. The molecule has 20 heavy (non-hydrogen) atoms. The number of nitrogens with zero attached hydrogens (tertiary/aromatic N) is 2. The van der Waals surface area contributed by atoms with Crippen LogP contribution in [0.15, 0.2) is 36.7 Å². The fraction of sp³-hybridized carbons (Fsp3) is 0.375. The number of aromatic nitrogens is 2. The molecule has 0 bridgehead atoms. The lowest BCUT2D eigenvalue weighted by Gasteiger charge is -2.30. The Hall–Kier alpha value is -2.10. The first-order chi connectivity index (χ1) is 9.86. The van der Waals surface area contributed by atoms with E-state index in [0.717, 1.165) is 25.2 Å². The van der Waals surface area contributed by atoms with Gasteiger partial charge in [-0.05, 0) is 24.0 Å². The van der Waals surface area contributed by atoms with Crippen LogP contribution in [-0.2, 0) is 6.42 Å². The molecule has 104 valence electrons. The van der Waals surface area contributed by atoms with Crippen molar-refractivity contribution in [3.05, 3.63) is 47.8 Å². The smallest absolute Gasteiger partial charge is 0.218 e. The minimum atomic E-state index is 0.584. The van der Waals surface area contributed by atoms with Crippen LogP contribution in [-0.4, -0.2) is 23.1 Å². The molecule has 1 aromatic heterocycles. The van der Waals surface area contributed by atoms with Crippen molar-refractivity contribution in [2.24, 2.45) is 0 Å². The first-order valence-electron chi connectivity index (χ1n) is 7.13. The summed E-state index contributed by atoms with van der Waals surface area (Å²) in [6.45, 7) is 3.67. The molecule has 0 spiro atoms. The quantitative estimate of drug-likeness (QED) is 0.875. The van der Waals surface area contributed by atoms with Gasteiger partial charge in [-0.25, -0.2) is 9.97 Å². The Morgan fingerprint density at radius 2 is 2.20 bits per heavy atom. The van der Waals surface area contributed by atoms with Gasteiger partial charge in [0.25, 0.3) is 0 Å². The molecule has 1 aromatic carbocycles. The van der Waals surface area contributed by atoms with Crippen LogP contribution in [0.3, 0.4) is 0 Å². The maximum absolute atomic E-state index is 5.51. The molecule has 1 aliphatic rings. The number of fused-ring (bicyclic) bond motifs is 1. The van der Waals surface area contributed by atoms with Gasteiger partial charge in [0, 0.05) is 18.5 Å². The van der Waals surface area contributed by atoms with E-state index in [2.05, 4.69) is 46.5 Å². The molecule has 1 atom stereocenters. The number of anilines is 1. The second kappa shape index (κ2) is 5.90.